The lowest BCUT2D eigenvalue weighted by Gasteiger charge is -2.38. The van der Waals surface area contributed by atoms with Gasteiger partial charge in [0.25, 0.3) is 5.91 Å². The van der Waals surface area contributed by atoms with Gasteiger partial charge in [-0.05, 0) is 42.8 Å². The molecule has 4 aliphatic rings. The molecule has 2 N–H and O–H groups in total. The average Bonchev–Trinajstić information content (AvgIpc) is 3.52. The molecule has 10 nitrogen and oxygen atoms in total. The van der Waals surface area contributed by atoms with E-state index in [0.717, 1.165) is 5.56 Å². The summed E-state index contributed by atoms with van der Waals surface area (Å²) in [6.07, 6.45) is -0.385. The number of morpholine rings is 1. The van der Waals surface area contributed by atoms with Crippen molar-refractivity contribution in [2.45, 2.75) is 37.1 Å². The van der Waals surface area contributed by atoms with Crippen LogP contribution in [0.2, 0.25) is 0 Å². The summed E-state index contributed by atoms with van der Waals surface area (Å²) in [7, 11) is 0. The minimum atomic E-state index is -0.537. The molecule has 2 amide bonds. The number of amides is 2. The highest BCUT2D eigenvalue weighted by Crippen LogP contribution is 2.47. The summed E-state index contributed by atoms with van der Waals surface area (Å²) in [6, 6.07) is 10.6. The van der Waals surface area contributed by atoms with Crippen molar-refractivity contribution in [1.29, 1.82) is 0 Å². The topological polar surface area (TPSA) is 116 Å². The second kappa shape index (κ2) is 9.61. The summed E-state index contributed by atoms with van der Waals surface area (Å²) in [5, 5.41) is 12.9. The van der Waals surface area contributed by atoms with E-state index in [9.17, 15) is 14.7 Å². The van der Waals surface area contributed by atoms with Crippen LogP contribution in [0.25, 0.3) is 0 Å². The van der Waals surface area contributed by atoms with Crippen LogP contribution >= 0.6 is 0 Å². The fraction of sp³-hybridized carbons (Fsp3) is 0.462. The molecule has 0 bridgehead atoms. The van der Waals surface area contributed by atoms with Crippen LogP contribution in [-0.2, 0) is 14.3 Å². The van der Waals surface area contributed by atoms with Crippen molar-refractivity contribution < 1.29 is 38.4 Å². The van der Waals surface area contributed by atoms with Crippen molar-refractivity contribution in [2.75, 3.05) is 45.0 Å². The Kier molecular flexibility index (Phi) is 6.16. The molecule has 4 aliphatic heterocycles. The number of benzene rings is 2. The van der Waals surface area contributed by atoms with Crippen molar-refractivity contribution in [2.24, 2.45) is 0 Å². The van der Waals surface area contributed by atoms with E-state index < -0.39 is 6.10 Å². The Morgan fingerprint density at radius 3 is 2.67 bits per heavy atom. The highest BCUT2D eigenvalue weighted by atomic mass is 16.7. The van der Waals surface area contributed by atoms with Crippen LogP contribution < -0.4 is 19.5 Å². The van der Waals surface area contributed by atoms with Gasteiger partial charge in [0.1, 0.15) is 18.0 Å². The van der Waals surface area contributed by atoms with Crippen molar-refractivity contribution >= 4 is 17.5 Å². The number of nitrogens with one attached hydrogen (secondary N) is 1. The molecule has 6 rings (SSSR count). The van der Waals surface area contributed by atoms with Gasteiger partial charge in [0, 0.05) is 35.8 Å². The molecule has 4 atom stereocenters. The average molecular weight is 497 g/mol. The molecule has 0 spiro atoms. The van der Waals surface area contributed by atoms with Gasteiger partial charge in [-0.3, -0.25) is 9.59 Å². The quantitative estimate of drug-likeness (QED) is 0.645. The Labute approximate surface area is 208 Å². The number of aliphatic hydroxyl groups excluding tert-OH is 1. The number of ether oxygens (including phenoxy) is 5. The Morgan fingerprint density at radius 1 is 1.03 bits per heavy atom. The zero-order valence-corrected chi connectivity index (χ0v) is 19.7. The second-order valence-corrected chi connectivity index (χ2v) is 9.38. The zero-order valence-electron chi connectivity index (χ0n) is 19.7. The third kappa shape index (κ3) is 4.36. The van der Waals surface area contributed by atoms with Crippen LogP contribution in [0.3, 0.4) is 0 Å². The van der Waals surface area contributed by atoms with Gasteiger partial charge >= 0.3 is 0 Å². The monoisotopic (exact) mass is 496 g/mol. The number of aliphatic hydroxyl groups is 1. The van der Waals surface area contributed by atoms with Gasteiger partial charge in [0.05, 0.1) is 32.3 Å². The van der Waals surface area contributed by atoms with Crippen LogP contribution in [0, 0.1) is 0 Å². The molecule has 2 fully saturated rings. The number of carbonyl (C=O) groups excluding carboxylic acids is 2. The van der Waals surface area contributed by atoms with Crippen LogP contribution in [0.15, 0.2) is 36.4 Å². The first-order valence-corrected chi connectivity index (χ1v) is 12.2. The molecule has 36 heavy (non-hydrogen) atoms. The molecule has 2 saturated heterocycles. The number of fused-ring (bicyclic) bond motifs is 4. The van der Waals surface area contributed by atoms with Gasteiger partial charge in [0.15, 0.2) is 11.5 Å². The predicted molar refractivity (Wildman–Crippen MR) is 126 cm³/mol. The van der Waals surface area contributed by atoms with E-state index in [1.165, 1.54) is 0 Å². The molecule has 0 radical (unpaired) electrons. The van der Waals surface area contributed by atoms with Crippen molar-refractivity contribution in [3.63, 3.8) is 0 Å². The van der Waals surface area contributed by atoms with E-state index in [4.69, 9.17) is 23.7 Å². The minimum absolute atomic E-state index is 0.0299. The Bertz CT molecular complexity index is 1160. The number of anilines is 1. The lowest BCUT2D eigenvalue weighted by molar-refractivity contribution is -0.151. The Balaban J connectivity index is 1.17. The van der Waals surface area contributed by atoms with E-state index in [1.807, 2.05) is 12.1 Å². The van der Waals surface area contributed by atoms with Crippen molar-refractivity contribution in [3.8, 4) is 17.2 Å². The van der Waals surface area contributed by atoms with Crippen LogP contribution in [0.1, 0.15) is 34.7 Å². The SMILES string of the molecule is O=C(Nc1ccc2c(c1)[C@H]1C[C@H](CC(=O)N3CCOCC3)O[C@@H](CO)[C@H]1O2)c1ccc2c(c1)OCO2. The summed E-state index contributed by atoms with van der Waals surface area (Å²) in [6.45, 7) is 2.20. The van der Waals surface area contributed by atoms with Gasteiger partial charge in [-0.25, -0.2) is 0 Å². The fourth-order valence-electron chi connectivity index (χ4n) is 5.34. The standard InChI is InChI=1S/C26H28N2O8/c29-13-23-25-19(11-17(35-23)12-24(30)28-5-7-32-8-6-28)18-10-16(2-4-20(18)36-25)27-26(31)15-1-3-21-22(9-15)34-14-33-21/h1-4,9-10,17,19,23,25,29H,5-8,11-14H2,(H,27,31)/t17-,19-,23+,25+/m1/s1. The maximum atomic E-state index is 12.9. The summed E-state index contributed by atoms with van der Waals surface area (Å²) in [5.74, 6) is 1.57. The molecule has 0 aliphatic carbocycles. The van der Waals surface area contributed by atoms with Gasteiger partial charge in [-0.15, -0.1) is 0 Å². The zero-order chi connectivity index (χ0) is 24.6. The van der Waals surface area contributed by atoms with E-state index in [2.05, 4.69) is 5.32 Å². The third-order valence-corrected chi connectivity index (χ3v) is 7.16. The lowest BCUT2D eigenvalue weighted by Crippen LogP contribution is -2.48. The van der Waals surface area contributed by atoms with E-state index in [0.29, 0.717) is 61.2 Å². The number of rotatable bonds is 5. The molecule has 190 valence electrons. The van der Waals surface area contributed by atoms with Gasteiger partial charge < -0.3 is 39.0 Å². The van der Waals surface area contributed by atoms with Gasteiger partial charge in [-0.1, -0.05) is 0 Å². The smallest absolute Gasteiger partial charge is 0.255 e. The number of nitrogens with zero attached hydrogens (tertiary/aromatic N) is 1. The molecule has 2 aromatic carbocycles. The summed E-state index contributed by atoms with van der Waals surface area (Å²) < 4.78 is 28.2. The number of hydrogen-bond acceptors (Lipinski definition) is 8. The molecule has 0 saturated carbocycles. The Hall–Kier alpha value is -3.34. The molecular weight excluding hydrogens is 468 g/mol. The lowest BCUT2D eigenvalue weighted by atomic mass is 9.84. The maximum Gasteiger partial charge on any atom is 0.255 e. The minimum Gasteiger partial charge on any atom is -0.487 e. The molecule has 0 unspecified atom stereocenters. The first kappa shape index (κ1) is 23.1. The summed E-state index contributed by atoms with van der Waals surface area (Å²) >= 11 is 0. The van der Waals surface area contributed by atoms with Gasteiger partial charge in [-0.2, -0.15) is 0 Å². The summed E-state index contributed by atoms with van der Waals surface area (Å²) in [5.41, 5.74) is 2.03. The molecule has 2 aromatic rings. The predicted octanol–water partition coefficient (Wildman–Crippen LogP) is 1.91. The highest BCUT2D eigenvalue weighted by Gasteiger charge is 2.46. The van der Waals surface area contributed by atoms with Gasteiger partial charge in [0.2, 0.25) is 12.7 Å². The van der Waals surface area contributed by atoms with E-state index in [-0.39, 0.29) is 49.8 Å². The van der Waals surface area contributed by atoms with E-state index in [1.54, 1.807) is 29.2 Å². The molecule has 4 heterocycles. The van der Waals surface area contributed by atoms with Crippen molar-refractivity contribution in [3.05, 3.63) is 47.5 Å². The van der Waals surface area contributed by atoms with Crippen LogP contribution in [0.5, 0.6) is 17.2 Å². The Morgan fingerprint density at radius 2 is 1.83 bits per heavy atom. The van der Waals surface area contributed by atoms with Crippen LogP contribution in [-0.4, -0.2) is 79.8 Å². The first-order chi connectivity index (χ1) is 17.6. The first-order valence-electron chi connectivity index (χ1n) is 12.2. The van der Waals surface area contributed by atoms with Crippen molar-refractivity contribution in [1.82, 2.24) is 4.90 Å². The largest absolute Gasteiger partial charge is 0.487 e. The fourth-order valence-corrected chi connectivity index (χ4v) is 5.34. The maximum absolute atomic E-state index is 12.9. The van der Waals surface area contributed by atoms with Crippen LogP contribution in [0.4, 0.5) is 5.69 Å². The van der Waals surface area contributed by atoms with E-state index >= 15 is 0 Å². The highest BCUT2D eigenvalue weighted by molar-refractivity contribution is 6.04. The normalized spacial score (nSPS) is 26.1. The third-order valence-electron chi connectivity index (χ3n) is 7.16. The summed E-state index contributed by atoms with van der Waals surface area (Å²) in [4.78, 5) is 27.5. The second-order valence-electron chi connectivity index (χ2n) is 9.38. The molecular formula is C26H28N2O8. The molecule has 0 aromatic heterocycles. The number of carbonyl (C=O) groups is 2. The molecule has 10 heteroatoms. The number of hydrogen-bond donors (Lipinski definition) is 2.